The SMILES string of the molecule is Cc1cc(CN2CCc3c(cc(Cn4ccnc4C)cc3-c3cn(C)nc3C(F)(F)F)C2=O)cnc1C. The molecule has 192 valence electrons. The first-order chi connectivity index (χ1) is 17.5. The monoisotopic (exact) mass is 508 g/mol. The molecule has 0 fully saturated rings. The third-order valence-electron chi connectivity index (χ3n) is 6.89. The van der Waals surface area contributed by atoms with Gasteiger partial charge in [0.2, 0.25) is 0 Å². The van der Waals surface area contributed by atoms with Gasteiger partial charge in [-0.05, 0) is 67.1 Å². The number of benzene rings is 1. The molecule has 0 radical (unpaired) electrons. The standard InChI is InChI=1S/C27H27F3N6O/c1-16-9-20(12-32-17(16)2)14-36-7-5-21-22(24-15-34(4)33-25(24)27(28,29)30)10-19(11-23(21)26(36)37)13-35-8-6-31-18(35)3/h6,8-12,15H,5,7,13-14H2,1-4H3. The van der Waals surface area contributed by atoms with Gasteiger partial charge in [0.15, 0.2) is 5.69 Å². The Morgan fingerprint density at radius 3 is 2.41 bits per heavy atom. The Labute approximate surface area is 212 Å². The number of imidazole rings is 1. The van der Waals surface area contributed by atoms with Crippen LogP contribution in [0.25, 0.3) is 11.1 Å². The summed E-state index contributed by atoms with van der Waals surface area (Å²) in [5.41, 5.74) is 4.06. The summed E-state index contributed by atoms with van der Waals surface area (Å²) in [6.45, 7) is 6.91. The number of alkyl halides is 3. The maximum absolute atomic E-state index is 13.9. The number of hydrogen-bond acceptors (Lipinski definition) is 4. The molecule has 37 heavy (non-hydrogen) atoms. The molecular weight excluding hydrogens is 481 g/mol. The number of pyridine rings is 1. The van der Waals surface area contributed by atoms with E-state index < -0.39 is 11.9 Å². The van der Waals surface area contributed by atoms with Crippen molar-refractivity contribution in [2.75, 3.05) is 6.54 Å². The van der Waals surface area contributed by atoms with Gasteiger partial charge in [-0.15, -0.1) is 0 Å². The number of rotatable bonds is 5. The van der Waals surface area contributed by atoms with Crippen LogP contribution >= 0.6 is 0 Å². The Hall–Kier alpha value is -3.95. The van der Waals surface area contributed by atoms with Crippen LogP contribution in [0, 0.1) is 20.8 Å². The fourth-order valence-corrected chi connectivity index (χ4v) is 4.86. The van der Waals surface area contributed by atoms with Crippen molar-refractivity contribution in [1.82, 2.24) is 29.2 Å². The van der Waals surface area contributed by atoms with Crippen LogP contribution in [0.2, 0.25) is 0 Å². The summed E-state index contributed by atoms with van der Waals surface area (Å²) >= 11 is 0. The average molecular weight is 509 g/mol. The predicted octanol–water partition coefficient (Wildman–Crippen LogP) is 4.87. The highest BCUT2D eigenvalue weighted by Gasteiger charge is 2.39. The zero-order chi connectivity index (χ0) is 26.5. The van der Waals surface area contributed by atoms with Crippen LogP contribution in [0.5, 0.6) is 0 Å². The van der Waals surface area contributed by atoms with Crippen molar-refractivity contribution in [3.05, 3.63) is 88.0 Å². The second-order valence-corrected chi connectivity index (χ2v) is 9.56. The molecule has 5 rings (SSSR count). The number of fused-ring (bicyclic) bond motifs is 1. The molecule has 1 aliphatic heterocycles. The van der Waals surface area contributed by atoms with E-state index in [1.165, 1.54) is 17.9 Å². The Balaban J connectivity index is 1.60. The van der Waals surface area contributed by atoms with Crippen molar-refractivity contribution in [3.8, 4) is 11.1 Å². The third-order valence-corrected chi connectivity index (χ3v) is 6.89. The molecule has 0 bridgehead atoms. The highest BCUT2D eigenvalue weighted by molar-refractivity contribution is 5.99. The van der Waals surface area contributed by atoms with Gasteiger partial charge in [-0.1, -0.05) is 6.07 Å². The molecule has 4 heterocycles. The lowest BCUT2D eigenvalue weighted by atomic mass is 9.88. The molecule has 0 atom stereocenters. The molecule has 3 aromatic heterocycles. The van der Waals surface area contributed by atoms with E-state index in [0.29, 0.717) is 42.7 Å². The van der Waals surface area contributed by atoms with Crippen molar-refractivity contribution in [2.45, 2.75) is 46.5 Å². The summed E-state index contributed by atoms with van der Waals surface area (Å²) in [5.74, 6) is 0.564. The van der Waals surface area contributed by atoms with Gasteiger partial charge in [-0.25, -0.2) is 4.98 Å². The van der Waals surface area contributed by atoms with Crippen LogP contribution < -0.4 is 0 Å². The van der Waals surface area contributed by atoms with Gasteiger partial charge >= 0.3 is 6.18 Å². The average Bonchev–Trinajstić information content (AvgIpc) is 3.43. The van der Waals surface area contributed by atoms with Gasteiger partial charge < -0.3 is 9.47 Å². The second kappa shape index (κ2) is 9.17. The van der Waals surface area contributed by atoms with Gasteiger partial charge in [0, 0.05) is 68.3 Å². The molecule has 0 aliphatic carbocycles. The maximum Gasteiger partial charge on any atom is 0.435 e. The number of aromatic nitrogens is 5. The van der Waals surface area contributed by atoms with Gasteiger partial charge in [-0.3, -0.25) is 14.5 Å². The lowest BCUT2D eigenvalue weighted by Gasteiger charge is -2.31. The zero-order valence-corrected chi connectivity index (χ0v) is 21.1. The van der Waals surface area contributed by atoms with E-state index >= 15 is 0 Å². The van der Waals surface area contributed by atoms with E-state index in [9.17, 15) is 18.0 Å². The fourth-order valence-electron chi connectivity index (χ4n) is 4.86. The summed E-state index contributed by atoms with van der Waals surface area (Å²) < 4.78 is 44.8. The van der Waals surface area contributed by atoms with Gasteiger partial charge in [0.25, 0.3) is 5.91 Å². The molecule has 0 saturated heterocycles. The summed E-state index contributed by atoms with van der Waals surface area (Å²) in [7, 11) is 1.47. The largest absolute Gasteiger partial charge is 0.435 e. The summed E-state index contributed by atoms with van der Waals surface area (Å²) in [6, 6.07) is 5.57. The number of nitrogens with zero attached hydrogens (tertiary/aromatic N) is 6. The summed E-state index contributed by atoms with van der Waals surface area (Å²) in [5, 5.41) is 3.71. The molecule has 4 aromatic rings. The number of carbonyl (C=O) groups excluding carboxylic acids is 1. The molecule has 0 saturated carbocycles. The first kappa shape index (κ1) is 24.7. The lowest BCUT2D eigenvalue weighted by molar-refractivity contribution is -0.140. The van der Waals surface area contributed by atoms with Crippen molar-refractivity contribution in [2.24, 2.45) is 7.05 Å². The molecule has 1 aliphatic rings. The topological polar surface area (TPSA) is 68.8 Å². The minimum absolute atomic E-state index is 0.0185. The Morgan fingerprint density at radius 2 is 1.73 bits per heavy atom. The van der Waals surface area contributed by atoms with Gasteiger partial charge in [-0.2, -0.15) is 18.3 Å². The molecule has 0 N–H and O–H groups in total. The van der Waals surface area contributed by atoms with Gasteiger partial charge in [0.05, 0.1) is 0 Å². The molecule has 0 spiro atoms. The van der Waals surface area contributed by atoms with E-state index in [2.05, 4.69) is 15.1 Å². The summed E-state index contributed by atoms with van der Waals surface area (Å²) in [6.07, 6.45) is 2.43. The lowest BCUT2D eigenvalue weighted by Crippen LogP contribution is -2.37. The minimum atomic E-state index is -4.62. The normalized spacial score (nSPS) is 13.8. The maximum atomic E-state index is 13.9. The molecule has 1 amide bonds. The first-order valence-electron chi connectivity index (χ1n) is 12.0. The van der Waals surface area contributed by atoms with E-state index in [0.717, 1.165) is 28.2 Å². The molecular formula is C27H27F3N6O. The molecule has 1 aromatic carbocycles. The van der Waals surface area contributed by atoms with Crippen molar-refractivity contribution in [1.29, 1.82) is 0 Å². The number of amides is 1. The Bertz CT molecular complexity index is 1500. The third kappa shape index (κ3) is 4.75. The van der Waals surface area contributed by atoms with Crippen LogP contribution in [-0.4, -0.2) is 41.7 Å². The van der Waals surface area contributed by atoms with E-state index in [-0.39, 0.29) is 11.5 Å². The van der Waals surface area contributed by atoms with Crippen LogP contribution in [0.4, 0.5) is 13.2 Å². The van der Waals surface area contributed by atoms with Crippen LogP contribution in [0.3, 0.4) is 0 Å². The fraction of sp³-hybridized carbons (Fsp3) is 0.333. The quantitative estimate of drug-likeness (QED) is 0.386. The van der Waals surface area contributed by atoms with E-state index in [1.807, 2.05) is 31.4 Å². The van der Waals surface area contributed by atoms with Crippen LogP contribution in [-0.2, 0) is 32.7 Å². The van der Waals surface area contributed by atoms with Crippen molar-refractivity contribution < 1.29 is 18.0 Å². The second-order valence-electron chi connectivity index (χ2n) is 9.56. The first-order valence-corrected chi connectivity index (χ1v) is 12.0. The highest BCUT2D eigenvalue weighted by Crippen LogP contribution is 2.40. The van der Waals surface area contributed by atoms with Crippen LogP contribution in [0.15, 0.2) is 43.0 Å². The number of carbonyl (C=O) groups is 1. The van der Waals surface area contributed by atoms with Gasteiger partial charge in [0.1, 0.15) is 5.82 Å². The Morgan fingerprint density at radius 1 is 0.973 bits per heavy atom. The number of halogens is 3. The van der Waals surface area contributed by atoms with Crippen molar-refractivity contribution >= 4 is 5.91 Å². The smallest absolute Gasteiger partial charge is 0.334 e. The number of hydrogen-bond donors (Lipinski definition) is 0. The molecule has 10 heteroatoms. The summed E-state index contributed by atoms with van der Waals surface area (Å²) in [4.78, 5) is 24.1. The number of aryl methyl sites for hydroxylation is 4. The highest BCUT2D eigenvalue weighted by atomic mass is 19.4. The molecule has 7 nitrogen and oxygen atoms in total. The molecule has 0 unspecified atom stereocenters. The van der Waals surface area contributed by atoms with Crippen molar-refractivity contribution in [3.63, 3.8) is 0 Å². The zero-order valence-electron chi connectivity index (χ0n) is 21.1. The minimum Gasteiger partial charge on any atom is -0.334 e. The Kier molecular flexibility index (Phi) is 6.13. The van der Waals surface area contributed by atoms with Crippen LogP contribution in [0.1, 0.15) is 49.8 Å². The van der Waals surface area contributed by atoms with E-state index in [1.54, 1.807) is 35.6 Å². The predicted molar refractivity (Wildman–Crippen MR) is 132 cm³/mol. The van der Waals surface area contributed by atoms with E-state index in [4.69, 9.17) is 0 Å².